The summed E-state index contributed by atoms with van der Waals surface area (Å²) in [5.41, 5.74) is 0.817. The van der Waals surface area contributed by atoms with E-state index in [-0.39, 0.29) is 18.4 Å². The van der Waals surface area contributed by atoms with Crippen molar-refractivity contribution < 1.29 is 9.53 Å². The van der Waals surface area contributed by atoms with E-state index >= 15 is 0 Å². The Morgan fingerprint density at radius 3 is 2.67 bits per heavy atom. The lowest BCUT2D eigenvalue weighted by Gasteiger charge is -2.08. The van der Waals surface area contributed by atoms with Gasteiger partial charge in [-0.1, -0.05) is 13.8 Å². The lowest BCUT2D eigenvalue weighted by Crippen LogP contribution is -2.28. The van der Waals surface area contributed by atoms with Crippen molar-refractivity contribution in [2.24, 2.45) is 5.92 Å². The first-order valence-corrected chi connectivity index (χ1v) is 6.90. The van der Waals surface area contributed by atoms with Gasteiger partial charge in [0.05, 0.1) is 18.8 Å². The monoisotopic (exact) mass is 289 g/mol. The fraction of sp³-hybridized carbons (Fsp3) is 0.429. The molecule has 1 aromatic heterocycles. The Morgan fingerprint density at radius 1 is 1.33 bits per heavy atom. The molecule has 2 aromatic rings. The maximum Gasteiger partial charge on any atom is 0.222 e. The van der Waals surface area contributed by atoms with Crippen LogP contribution in [0.4, 0.5) is 0 Å². The van der Waals surface area contributed by atoms with Gasteiger partial charge in [-0.15, -0.1) is 5.10 Å². The van der Waals surface area contributed by atoms with Crippen LogP contribution in [0.25, 0.3) is 5.69 Å². The fourth-order valence-electron chi connectivity index (χ4n) is 1.74. The highest BCUT2D eigenvalue weighted by atomic mass is 16.5. The van der Waals surface area contributed by atoms with Gasteiger partial charge in [-0.05, 0) is 41.6 Å². The van der Waals surface area contributed by atoms with E-state index in [1.807, 2.05) is 45.0 Å². The molecule has 0 bridgehead atoms. The Balaban J connectivity index is 2.10. The molecule has 0 atom stereocenters. The minimum atomic E-state index is -0.0696. The summed E-state index contributed by atoms with van der Waals surface area (Å²) in [6, 6.07) is 7.46. The third-order valence-electron chi connectivity index (χ3n) is 2.87. The molecule has 0 aliphatic heterocycles. The number of carbonyl (C=O) groups excluding carboxylic acids is 1. The fourth-order valence-corrected chi connectivity index (χ4v) is 1.74. The van der Waals surface area contributed by atoms with Crippen LogP contribution < -0.4 is 10.1 Å². The Labute approximate surface area is 123 Å². The first kappa shape index (κ1) is 15.0. The lowest BCUT2D eigenvalue weighted by atomic mass is 10.2. The van der Waals surface area contributed by atoms with E-state index in [1.165, 1.54) is 0 Å². The Morgan fingerprint density at radius 2 is 2.05 bits per heavy atom. The number of hydrogen-bond donors (Lipinski definition) is 1. The van der Waals surface area contributed by atoms with Crippen molar-refractivity contribution in [1.29, 1.82) is 0 Å². The second-order valence-electron chi connectivity index (χ2n) is 4.81. The summed E-state index contributed by atoms with van der Waals surface area (Å²) in [7, 11) is 0. The number of rotatable bonds is 6. The third-order valence-corrected chi connectivity index (χ3v) is 2.87. The lowest BCUT2D eigenvalue weighted by molar-refractivity contribution is -0.124. The number of nitrogens with zero attached hydrogens (tertiary/aromatic N) is 4. The Bertz CT molecular complexity index is 592. The van der Waals surface area contributed by atoms with Crippen molar-refractivity contribution in [3.05, 3.63) is 30.1 Å². The van der Waals surface area contributed by atoms with Crippen molar-refractivity contribution in [3.8, 4) is 11.4 Å². The number of benzene rings is 1. The molecule has 1 heterocycles. The van der Waals surface area contributed by atoms with Gasteiger partial charge in [0.25, 0.3) is 0 Å². The molecule has 0 aliphatic rings. The normalized spacial score (nSPS) is 10.7. The SMILES string of the molecule is CCOc1ccc(-n2nnnc2CNC(=O)C(C)C)cc1. The van der Waals surface area contributed by atoms with Gasteiger partial charge in [-0.3, -0.25) is 4.79 Å². The third kappa shape index (κ3) is 3.77. The number of ether oxygens (including phenoxy) is 1. The first-order valence-electron chi connectivity index (χ1n) is 6.90. The molecule has 1 aromatic carbocycles. The van der Waals surface area contributed by atoms with Crippen LogP contribution in [0.5, 0.6) is 5.75 Å². The Hall–Kier alpha value is -2.44. The molecule has 1 N–H and O–H groups in total. The van der Waals surface area contributed by atoms with Gasteiger partial charge in [-0.25, -0.2) is 0 Å². The van der Waals surface area contributed by atoms with Crippen LogP contribution in [-0.2, 0) is 11.3 Å². The number of hydrogen-bond acceptors (Lipinski definition) is 5. The highest BCUT2D eigenvalue weighted by Gasteiger charge is 2.11. The van der Waals surface area contributed by atoms with Crippen molar-refractivity contribution in [1.82, 2.24) is 25.5 Å². The number of amides is 1. The number of nitrogens with one attached hydrogen (secondary N) is 1. The van der Waals surface area contributed by atoms with E-state index in [0.717, 1.165) is 11.4 Å². The second kappa shape index (κ2) is 6.83. The van der Waals surface area contributed by atoms with Crippen LogP contribution in [-0.4, -0.2) is 32.7 Å². The van der Waals surface area contributed by atoms with Crippen molar-refractivity contribution in [2.75, 3.05) is 6.61 Å². The summed E-state index contributed by atoms with van der Waals surface area (Å²) in [6.45, 7) is 6.52. The molecule has 7 nitrogen and oxygen atoms in total. The summed E-state index contributed by atoms with van der Waals surface area (Å²) in [4.78, 5) is 11.6. The number of tetrazole rings is 1. The maximum absolute atomic E-state index is 11.6. The molecule has 0 spiro atoms. The van der Waals surface area contributed by atoms with Crippen LogP contribution in [0.1, 0.15) is 26.6 Å². The van der Waals surface area contributed by atoms with Crippen LogP contribution in [0.2, 0.25) is 0 Å². The van der Waals surface area contributed by atoms with Gasteiger partial charge < -0.3 is 10.1 Å². The molecule has 21 heavy (non-hydrogen) atoms. The molecular weight excluding hydrogens is 270 g/mol. The molecule has 0 radical (unpaired) electrons. The van der Waals surface area contributed by atoms with Crippen LogP contribution in [0, 0.1) is 5.92 Å². The van der Waals surface area contributed by atoms with Crippen LogP contribution in [0.15, 0.2) is 24.3 Å². The van der Waals surface area contributed by atoms with E-state index in [0.29, 0.717) is 12.4 Å². The van der Waals surface area contributed by atoms with Crippen LogP contribution >= 0.6 is 0 Å². The molecule has 1 amide bonds. The molecule has 112 valence electrons. The molecule has 7 heteroatoms. The molecule has 0 saturated carbocycles. The topological polar surface area (TPSA) is 81.9 Å². The summed E-state index contributed by atoms with van der Waals surface area (Å²) in [6.07, 6.45) is 0. The zero-order valence-corrected chi connectivity index (χ0v) is 12.4. The minimum Gasteiger partial charge on any atom is -0.494 e. The Kier molecular flexibility index (Phi) is 4.86. The van der Waals surface area contributed by atoms with E-state index < -0.39 is 0 Å². The van der Waals surface area contributed by atoms with Gasteiger partial charge in [0, 0.05) is 5.92 Å². The predicted octanol–water partition coefficient (Wildman–Crippen LogP) is 1.33. The molecule has 0 aliphatic carbocycles. The van der Waals surface area contributed by atoms with Gasteiger partial charge in [0.15, 0.2) is 5.82 Å². The number of aromatic nitrogens is 4. The number of carbonyl (C=O) groups is 1. The highest BCUT2D eigenvalue weighted by molar-refractivity contribution is 5.77. The zero-order chi connectivity index (χ0) is 15.2. The average Bonchev–Trinajstić information content (AvgIpc) is 2.94. The molecular formula is C14H19N5O2. The molecule has 0 unspecified atom stereocenters. The summed E-state index contributed by atoms with van der Waals surface area (Å²) < 4.78 is 6.99. The van der Waals surface area contributed by atoms with Crippen LogP contribution in [0.3, 0.4) is 0 Å². The smallest absolute Gasteiger partial charge is 0.222 e. The van der Waals surface area contributed by atoms with Crippen molar-refractivity contribution in [3.63, 3.8) is 0 Å². The van der Waals surface area contributed by atoms with Gasteiger partial charge in [0.1, 0.15) is 5.75 Å². The molecule has 2 rings (SSSR count). The largest absolute Gasteiger partial charge is 0.494 e. The van der Waals surface area contributed by atoms with Crippen molar-refractivity contribution in [2.45, 2.75) is 27.3 Å². The first-order chi connectivity index (χ1) is 10.1. The van der Waals surface area contributed by atoms with Gasteiger partial charge in [-0.2, -0.15) is 4.68 Å². The van der Waals surface area contributed by atoms with Crippen molar-refractivity contribution >= 4 is 5.91 Å². The summed E-state index contributed by atoms with van der Waals surface area (Å²) >= 11 is 0. The summed E-state index contributed by atoms with van der Waals surface area (Å²) in [5, 5.41) is 14.3. The standard InChI is InChI=1S/C14H19N5O2/c1-4-21-12-7-5-11(6-8-12)19-13(16-17-18-19)9-15-14(20)10(2)3/h5-8,10H,4,9H2,1-3H3,(H,15,20). The van der Waals surface area contributed by atoms with E-state index in [9.17, 15) is 4.79 Å². The minimum absolute atomic E-state index is 0.0313. The molecule has 0 saturated heterocycles. The van der Waals surface area contributed by atoms with E-state index in [1.54, 1.807) is 4.68 Å². The second-order valence-corrected chi connectivity index (χ2v) is 4.81. The summed E-state index contributed by atoms with van der Waals surface area (Å²) in [5.74, 6) is 1.27. The average molecular weight is 289 g/mol. The quantitative estimate of drug-likeness (QED) is 0.867. The molecule has 0 fully saturated rings. The predicted molar refractivity (Wildman–Crippen MR) is 77.0 cm³/mol. The van der Waals surface area contributed by atoms with E-state index in [2.05, 4.69) is 20.8 Å². The zero-order valence-electron chi connectivity index (χ0n) is 12.4. The van der Waals surface area contributed by atoms with Gasteiger partial charge in [0.2, 0.25) is 5.91 Å². The van der Waals surface area contributed by atoms with E-state index in [4.69, 9.17) is 4.74 Å². The van der Waals surface area contributed by atoms with Gasteiger partial charge >= 0.3 is 0 Å². The highest BCUT2D eigenvalue weighted by Crippen LogP contribution is 2.15. The maximum atomic E-state index is 11.6.